The molecule has 420 valence electrons. The maximum atomic E-state index is 14.7. The highest BCUT2D eigenvalue weighted by Gasteiger charge is 2.69. The Kier molecular flexibility index (Phi) is 23.0. The summed E-state index contributed by atoms with van der Waals surface area (Å²) in [5, 5.41) is 30.2. The number of amides is 2. The van der Waals surface area contributed by atoms with Crippen molar-refractivity contribution in [3.8, 4) is 5.75 Å². The van der Waals surface area contributed by atoms with Crippen LogP contribution in [0.1, 0.15) is 97.8 Å². The van der Waals surface area contributed by atoms with Crippen molar-refractivity contribution in [3.05, 3.63) is 54.9 Å². The molecule has 1 aromatic carbocycles. The van der Waals surface area contributed by atoms with Gasteiger partial charge in [0, 0.05) is 23.6 Å². The van der Waals surface area contributed by atoms with Gasteiger partial charge in [-0.05, 0) is 101 Å². The Morgan fingerprint density at radius 1 is 0.813 bits per heavy atom. The van der Waals surface area contributed by atoms with Crippen LogP contribution in [0.5, 0.6) is 5.75 Å². The summed E-state index contributed by atoms with van der Waals surface area (Å²) in [6.45, 7) is -0.858. The Hall–Kier alpha value is -4.33. The second-order valence-electron chi connectivity index (χ2n) is 18.5. The predicted octanol–water partition coefficient (Wildman–Crippen LogP) is 5.59. The van der Waals surface area contributed by atoms with Gasteiger partial charge in [0.15, 0.2) is 48.9 Å². The number of hydrogen-bond acceptors (Lipinski definition) is 18. The first-order valence-corrected chi connectivity index (χ1v) is 28.0. The van der Waals surface area contributed by atoms with Gasteiger partial charge in [0.2, 0.25) is 18.0 Å². The summed E-state index contributed by atoms with van der Waals surface area (Å²) >= 11 is 5.87. The minimum Gasteiger partial charge on any atom is -0.461 e. The molecule has 6 N–H and O–H groups in total. The molecule has 0 radical (unpaired) electrons. The number of ketones is 2. The van der Waals surface area contributed by atoms with Gasteiger partial charge in [-0.15, -0.1) is 4.52 Å². The molecule has 0 aromatic heterocycles. The molecule has 2 amide bonds. The van der Waals surface area contributed by atoms with Gasteiger partial charge < -0.3 is 44.5 Å². The Labute approximate surface area is 434 Å². The van der Waals surface area contributed by atoms with E-state index in [-0.39, 0.29) is 18.2 Å². The molecule has 2 aliphatic carbocycles. The lowest BCUT2D eigenvalue weighted by molar-refractivity contribution is -0.213. The Balaban J connectivity index is 0.000000221. The number of aliphatic hydroxyl groups excluding tert-OH is 3. The summed E-state index contributed by atoms with van der Waals surface area (Å²) in [7, 11) is -2.18. The van der Waals surface area contributed by atoms with E-state index < -0.39 is 130 Å². The second-order valence-corrected chi connectivity index (χ2v) is 22.3. The zero-order chi connectivity index (χ0) is 56.1. The van der Waals surface area contributed by atoms with Crippen molar-refractivity contribution in [2.45, 2.75) is 170 Å². The van der Waals surface area contributed by atoms with Crippen LogP contribution < -0.4 is 15.3 Å². The van der Waals surface area contributed by atoms with Crippen LogP contribution in [0.15, 0.2) is 54.9 Å². The molecule has 29 heteroatoms. The summed E-state index contributed by atoms with van der Waals surface area (Å²) in [6.07, 6.45) is 3.93. The van der Waals surface area contributed by atoms with Crippen molar-refractivity contribution >= 4 is 61.5 Å². The molecule has 21 nitrogen and oxygen atoms in total. The zero-order valence-corrected chi connectivity index (χ0v) is 44.0. The fourth-order valence-electron chi connectivity index (χ4n) is 8.00. The molecular formula is C46H63ClF5N4O17P2+. The van der Waals surface area contributed by atoms with Gasteiger partial charge >= 0.3 is 32.8 Å². The van der Waals surface area contributed by atoms with Gasteiger partial charge in [-0.2, -0.15) is 8.78 Å². The van der Waals surface area contributed by atoms with Crippen LogP contribution in [-0.2, 0) is 61.4 Å². The number of carbonyl (C=O) groups is 6. The number of aliphatic hydroxyl groups is 3. The van der Waals surface area contributed by atoms with E-state index in [4.69, 9.17) is 40.8 Å². The number of allylic oxidation sites excluding steroid dienone is 2. The van der Waals surface area contributed by atoms with Gasteiger partial charge in [0.05, 0.1) is 12.8 Å². The molecule has 0 bridgehead atoms. The predicted molar refractivity (Wildman–Crippen MR) is 254 cm³/mol. The topological polar surface area (TPSA) is 297 Å². The molecule has 75 heavy (non-hydrogen) atoms. The molecular weight excluding hydrogens is 1070 g/mol. The van der Waals surface area contributed by atoms with E-state index in [1.807, 2.05) is 6.07 Å². The lowest BCUT2D eigenvalue weighted by Crippen LogP contribution is -2.52. The Bertz CT molecular complexity index is 2300. The van der Waals surface area contributed by atoms with Crippen molar-refractivity contribution in [2.75, 3.05) is 19.9 Å². The van der Waals surface area contributed by atoms with Gasteiger partial charge in [0.1, 0.15) is 36.6 Å². The molecule has 2 saturated carbocycles. The van der Waals surface area contributed by atoms with Crippen LogP contribution in [-0.4, -0.2) is 153 Å². The molecule has 4 aliphatic heterocycles. The number of para-hydroxylation sites is 1. The maximum absolute atomic E-state index is 14.7. The maximum Gasteiger partial charge on any atom is 0.505 e. The molecule has 11 atom stereocenters. The first kappa shape index (κ1) is 63.2. The first-order chi connectivity index (χ1) is 35.0. The van der Waals surface area contributed by atoms with Crippen LogP contribution in [0.25, 0.3) is 0 Å². The number of nitrogens with one attached hydrogen (secondary N) is 1. The summed E-state index contributed by atoms with van der Waals surface area (Å²) in [6, 6.07) is 7.30. The van der Waals surface area contributed by atoms with Crippen molar-refractivity contribution in [1.29, 1.82) is 0 Å². The highest BCUT2D eigenvalue weighted by molar-refractivity contribution is 7.84. The minimum absolute atomic E-state index is 0.0461. The quantitative estimate of drug-likeness (QED) is 0.0656. The molecule has 7 rings (SSSR count). The van der Waals surface area contributed by atoms with E-state index in [0.29, 0.717) is 10.6 Å². The lowest BCUT2D eigenvalue weighted by Gasteiger charge is -2.32. The van der Waals surface area contributed by atoms with Crippen LogP contribution in [0.2, 0.25) is 0 Å². The summed E-state index contributed by atoms with van der Waals surface area (Å²) in [4.78, 5) is 69.4. The Morgan fingerprint density at radius 3 is 1.72 bits per heavy atom. The van der Waals surface area contributed by atoms with E-state index in [9.17, 15) is 70.1 Å². The number of alkyl halides is 5. The number of carbonyl (C=O) groups excluding carboxylic acids is 6. The zero-order valence-electron chi connectivity index (χ0n) is 41.4. The number of rotatable bonds is 14. The smallest absolute Gasteiger partial charge is 0.461 e. The third-order valence-electron chi connectivity index (χ3n) is 12.1. The molecule has 2 unspecified atom stereocenters. The standard InChI is InChI=1S/C15H21ClNO4P.C12H15F2NO6P.C10H10F3NO5.C9H17NO2/c1-12(15(18)20-13-8-4-2-5-9-13)17-22(16,19)21-14-10-6-3-7-11-14;1-11(13)9(18)12(14,6-20-22(2)19)21-10(11)15-4-3-7(16)5-8(15)17;11-9(4-15)7(18)10(12,13)8(19-9)14-2-1-5(16)3-6(14)17;1-7(10)9(11)12-8-5-3-2-4-6-8/h3,6-7,10-13H,2,4-5,8-9H2,1H3,(H,17,19);3-4,9-10,18H,5-6H2,1-2H3;1-2,7-8,15,18H,3-4H2;7-8H,2-6,10H2,1H3/q;+1;;/t12-,22?;9-,10+,11+,12+;7-,8-,9-;7-/m0010/s1. The average molecular weight is 1140 g/mol. The van der Waals surface area contributed by atoms with E-state index in [2.05, 4.69) is 14.3 Å². The highest BCUT2D eigenvalue weighted by atomic mass is 35.7. The highest BCUT2D eigenvalue weighted by Crippen LogP contribution is 2.49. The monoisotopic (exact) mass is 1140 g/mol. The minimum atomic E-state index is -4.13. The number of nitrogens with zero attached hydrogens (tertiary/aromatic N) is 2. The number of esters is 2. The van der Waals surface area contributed by atoms with Crippen LogP contribution in [0.3, 0.4) is 0 Å². The Morgan fingerprint density at radius 2 is 1.28 bits per heavy atom. The molecule has 0 spiro atoms. The largest absolute Gasteiger partial charge is 0.505 e. The summed E-state index contributed by atoms with van der Waals surface area (Å²) < 4.78 is 123. The first-order valence-electron chi connectivity index (χ1n) is 23.8. The molecule has 4 heterocycles. The van der Waals surface area contributed by atoms with Crippen molar-refractivity contribution in [2.24, 2.45) is 5.73 Å². The molecule has 1 aromatic rings. The second kappa shape index (κ2) is 27.3. The van der Waals surface area contributed by atoms with Crippen molar-refractivity contribution in [3.63, 3.8) is 0 Å². The van der Waals surface area contributed by atoms with Crippen LogP contribution in [0.4, 0.5) is 22.0 Å². The molecule has 6 aliphatic rings. The third-order valence-corrected chi connectivity index (χ3v) is 14.2. The van der Waals surface area contributed by atoms with E-state index in [1.165, 1.54) is 25.7 Å². The fraction of sp³-hybridized carbons (Fsp3) is 0.652. The van der Waals surface area contributed by atoms with Crippen molar-refractivity contribution in [1.82, 2.24) is 14.9 Å². The van der Waals surface area contributed by atoms with Gasteiger partial charge in [-0.25, -0.2) is 22.8 Å². The number of hydrogen-bond donors (Lipinski definition) is 5. The van der Waals surface area contributed by atoms with Crippen LogP contribution in [0, 0.1) is 0 Å². The lowest BCUT2D eigenvalue weighted by atomic mass is 9.96. The number of benzene rings is 1. The van der Waals surface area contributed by atoms with E-state index in [1.54, 1.807) is 38.1 Å². The number of ether oxygens (including phenoxy) is 4. The van der Waals surface area contributed by atoms with Crippen molar-refractivity contribution < 1.29 is 103 Å². The van der Waals surface area contributed by atoms with Crippen LogP contribution >= 0.6 is 26.1 Å². The normalized spacial score (nSPS) is 30.6. The summed E-state index contributed by atoms with van der Waals surface area (Å²) in [5.41, 5.74) is 2.72. The number of halogens is 6. The molecule has 4 fully saturated rings. The SMILES string of the molecule is C[C@H](N)C(=O)OC1CCCCC1.C[C@H](NP(=O)(Cl)Oc1ccccc1)C(=O)OC1CCCCC1.C[P+](=O)OC[C@@]1(F)O[C@@H](N2C=CC(=O)CC2=O)[C@](C)(F)[C@@H]1O.O=C1C=CN([C@@H]2O[C@](F)(CO)[C@@H](O)C2(F)F)C(=O)C1. The van der Waals surface area contributed by atoms with Gasteiger partial charge in [-0.1, -0.05) is 31.0 Å². The third kappa shape index (κ3) is 17.6. The fourth-order valence-corrected chi connectivity index (χ4v) is 10.0. The van der Waals surface area contributed by atoms with E-state index >= 15 is 0 Å². The number of nitrogens with two attached hydrogens (primary N) is 1. The average Bonchev–Trinajstić information content (AvgIpc) is 3.64. The summed E-state index contributed by atoms with van der Waals surface area (Å²) in [5.74, 6) is -13.7. The molecule has 2 saturated heterocycles. The van der Waals surface area contributed by atoms with E-state index in [0.717, 1.165) is 81.6 Å². The van der Waals surface area contributed by atoms with Gasteiger partial charge in [0.25, 0.3) is 11.7 Å². The van der Waals surface area contributed by atoms with Gasteiger partial charge in [-0.3, -0.25) is 38.6 Å².